The van der Waals surface area contributed by atoms with Crippen molar-refractivity contribution in [3.8, 4) is 0 Å². The van der Waals surface area contributed by atoms with Gasteiger partial charge in [-0.05, 0) is 48.7 Å². The van der Waals surface area contributed by atoms with E-state index in [2.05, 4.69) is 5.32 Å². The summed E-state index contributed by atoms with van der Waals surface area (Å²) in [5.41, 5.74) is 2.95. The van der Waals surface area contributed by atoms with Crippen LogP contribution >= 0.6 is 0 Å². The number of benzene rings is 2. The number of carbonyl (C=O) groups is 2. The summed E-state index contributed by atoms with van der Waals surface area (Å²) in [7, 11) is 1.22. The number of rotatable bonds is 5. The molecule has 0 saturated carbocycles. The van der Waals surface area contributed by atoms with E-state index in [9.17, 15) is 18.4 Å². The third-order valence-corrected chi connectivity index (χ3v) is 3.98. The van der Waals surface area contributed by atoms with Crippen molar-refractivity contribution in [2.75, 3.05) is 7.11 Å². The van der Waals surface area contributed by atoms with Crippen LogP contribution in [-0.4, -0.2) is 25.0 Å². The van der Waals surface area contributed by atoms with Crippen molar-refractivity contribution in [2.24, 2.45) is 0 Å². The van der Waals surface area contributed by atoms with Crippen molar-refractivity contribution < 1.29 is 23.1 Å². The number of halogens is 2. The fourth-order valence-corrected chi connectivity index (χ4v) is 2.38. The minimum absolute atomic E-state index is 0.0760. The Morgan fingerprint density at radius 2 is 1.76 bits per heavy atom. The van der Waals surface area contributed by atoms with Crippen LogP contribution in [0, 0.1) is 25.5 Å². The second-order valence-corrected chi connectivity index (χ2v) is 5.80. The van der Waals surface area contributed by atoms with Crippen molar-refractivity contribution in [1.82, 2.24) is 5.32 Å². The van der Waals surface area contributed by atoms with Crippen molar-refractivity contribution >= 4 is 11.9 Å². The first-order chi connectivity index (χ1) is 11.8. The lowest BCUT2D eigenvalue weighted by molar-refractivity contribution is -0.142. The molecule has 2 aromatic carbocycles. The van der Waals surface area contributed by atoms with E-state index in [1.54, 1.807) is 0 Å². The third kappa shape index (κ3) is 4.62. The van der Waals surface area contributed by atoms with Crippen LogP contribution in [0.1, 0.15) is 27.0 Å². The summed E-state index contributed by atoms with van der Waals surface area (Å²) in [4.78, 5) is 24.2. The number of esters is 1. The molecular weight excluding hydrogens is 328 g/mol. The Morgan fingerprint density at radius 1 is 1.04 bits per heavy atom. The van der Waals surface area contributed by atoms with Crippen molar-refractivity contribution in [1.29, 1.82) is 0 Å². The average molecular weight is 347 g/mol. The zero-order chi connectivity index (χ0) is 18.6. The van der Waals surface area contributed by atoms with E-state index in [1.165, 1.54) is 7.11 Å². The molecule has 0 heterocycles. The summed E-state index contributed by atoms with van der Waals surface area (Å²) >= 11 is 0. The molecule has 2 aromatic rings. The van der Waals surface area contributed by atoms with Gasteiger partial charge >= 0.3 is 5.97 Å². The Bertz CT molecular complexity index is 805. The van der Waals surface area contributed by atoms with Crippen LogP contribution in [-0.2, 0) is 16.0 Å². The van der Waals surface area contributed by atoms with Crippen molar-refractivity contribution in [3.05, 3.63) is 70.3 Å². The molecule has 0 radical (unpaired) electrons. The van der Waals surface area contributed by atoms with Gasteiger partial charge in [-0.15, -0.1) is 0 Å². The van der Waals surface area contributed by atoms with E-state index in [4.69, 9.17) is 4.74 Å². The van der Waals surface area contributed by atoms with Gasteiger partial charge in [-0.1, -0.05) is 18.2 Å². The molecule has 25 heavy (non-hydrogen) atoms. The van der Waals surface area contributed by atoms with Crippen LogP contribution in [0.15, 0.2) is 36.4 Å². The Kier molecular flexibility index (Phi) is 5.85. The molecule has 1 amide bonds. The minimum atomic E-state index is -1.13. The molecule has 4 nitrogen and oxygen atoms in total. The van der Waals surface area contributed by atoms with Gasteiger partial charge in [0, 0.05) is 12.0 Å². The van der Waals surface area contributed by atoms with Crippen molar-refractivity contribution in [2.45, 2.75) is 26.3 Å². The van der Waals surface area contributed by atoms with Gasteiger partial charge in [0.2, 0.25) is 0 Å². The molecule has 0 unspecified atom stereocenters. The predicted octanol–water partition coefficient (Wildman–Crippen LogP) is 3.10. The van der Waals surface area contributed by atoms with Crippen molar-refractivity contribution in [3.63, 3.8) is 0 Å². The number of hydrogen-bond acceptors (Lipinski definition) is 3. The molecule has 132 valence electrons. The van der Waals surface area contributed by atoms with Gasteiger partial charge in [0.15, 0.2) is 11.6 Å². The monoisotopic (exact) mass is 347 g/mol. The van der Waals surface area contributed by atoms with Gasteiger partial charge in [-0.3, -0.25) is 4.79 Å². The highest BCUT2D eigenvalue weighted by Crippen LogP contribution is 2.13. The summed E-state index contributed by atoms with van der Waals surface area (Å²) in [6, 6.07) is 7.58. The Labute approximate surface area is 144 Å². The van der Waals surface area contributed by atoms with Gasteiger partial charge in [-0.25, -0.2) is 13.6 Å². The summed E-state index contributed by atoms with van der Waals surface area (Å²) in [5, 5.41) is 2.51. The van der Waals surface area contributed by atoms with Crippen LogP contribution in [0.3, 0.4) is 0 Å². The lowest BCUT2D eigenvalue weighted by atomic mass is 10.0. The van der Waals surface area contributed by atoms with Gasteiger partial charge < -0.3 is 10.1 Å². The van der Waals surface area contributed by atoms with E-state index in [-0.39, 0.29) is 12.0 Å². The van der Waals surface area contributed by atoms with Gasteiger partial charge in [0.05, 0.1) is 7.11 Å². The molecule has 6 heteroatoms. The maximum atomic E-state index is 13.3. The smallest absolute Gasteiger partial charge is 0.328 e. The lowest BCUT2D eigenvalue weighted by Gasteiger charge is -2.17. The van der Waals surface area contributed by atoms with E-state index in [0.29, 0.717) is 0 Å². The lowest BCUT2D eigenvalue weighted by Crippen LogP contribution is -2.43. The number of amides is 1. The zero-order valence-corrected chi connectivity index (χ0v) is 14.2. The third-order valence-electron chi connectivity index (χ3n) is 3.98. The fraction of sp³-hybridized carbons (Fsp3) is 0.263. The number of methoxy groups -OCH3 is 1. The Hall–Kier alpha value is -2.76. The Morgan fingerprint density at radius 3 is 2.36 bits per heavy atom. The molecule has 1 N–H and O–H groups in total. The van der Waals surface area contributed by atoms with Crippen LogP contribution in [0.2, 0.25) is 0 Å². The SMILES string of the molecule is COC(=O)[C@H](Cc1ccc(C)c(C)c1)NC(=O)c1ccc(F)c(F)c1. The van der Waals surface area contributed by atoms with Crippen LogP contribution < -0.4 is 5.32 Å². The maximum absolute atomic E-state index is 13.3. The quantitative estimate of drug-likeness (QED) is 0.846. The first-order valence-corrected chi connectivity index (χ1v) is 7.71. The predicted molar refractivity (Wildman–Crippen MR) is 89.2 cm³/mol. The van der Waals surface area contributed by atoms with Gasteiger partial charge in [-0.2, -0.15) is 0 Å². The summed E-state index contributed by atoms with van der Waals surface area (Å²) in [5.74, 6) is -3.47. The molecule has 0 aromatic heterocycles. The Balaban J connectivity index is 2.19. The number of hydrogen-bond donors (Lipinski definition) is 1. The first kappa shape index (κ1) is 18.6. The van der Waals surface area contributed by atoms with E-state index in [1.807, 2.05) is 32.0 Å². The minimum Gasteiger partial charge on any atom is -0.467 e. The van der Waals surface area contributed by atoms with E-state index in [0.717, 1.165) is 34.9 Å². The fourth-order valence-electron chi connectivity index (χ4n) is 2.38. The molecule has 0 saturated heterocycles. The summed E-state index contributed by atoms with van der Waals surface area (Å²) in [6.45, 7) is 3.92. The number of nitrogens with one attached hydrogen (secondary N) is 1. The van der Waals surface area contributed by atoms with Crippen LogP contribution in [0.5, 0.6) is 0 Å². The first-order valence-electron chi connectivity index (χ1n) is 7.71. The maximum Gasteiger partial charge on any atom is 0.328 e. The van der Waals surface area contributed by atoms with E-state index < -0.39 is 29.6 Å². The normalized spacial score (nSPS) is 11.7. The molecule has 2 rings (SSSR count). The highest BCUT2D eigenvalue weighted by Gasteiger charge is 2.23. The highest BCUT2D eigenvalue weighted by atomic mass is 19.2. The van der Waals surface area contributed by atoms with Crippen LogP contribution in [0.4, 0.5) is 8.78 Å². The molecular formula is C19H19F2NO3. The van der Waals surface area contributed by atoms with Gasteiger partial charge in [0.1, 0.15) is 6.04 Å². The molecule has 0 fully saturated rings. The summed E-state index contributed by atoms with van der Waals surface area (Å²) in [6.07, 6.45) is 0.225. The van der Waals surface area contributed by atoms with Crippen LogP contribution in [0.25, 0.3) is 0 Å². The molecule has 0 aliphatic rings. The second-order valence-electron chi connectivity index (χ2n) is 5.80. The number of aryl methyl sites for hydroxylation is 2. The standard InChI is InChI=1S/C19H19F2NO3/c1-11-4-5-13(8-12(11)2)9-17(19(24)25-3)22-18(23)14-6-7-15(20)16(21)10-14/h4-8,10,17H,9H2,1-3H3,(H,22,23)/t17-/m0/s1. The molecule has 1 atom stereocenters. The summed E-state index contributed by atoms with van der Waals surface area (Å²) < 4.78 is 31.0. The topological polar surface area (TPSA) is 55.4 Å². The zero-order valence-electron chi connectivity index (χ0n) is 14.2. The largest absolute Gasteiger partial charge is 0.467 e. The molecule has 0 bridgehead atoms. The van der Waals surface area contributed by atoms with Gasteiger partial charge in [0.25, 0.3) is 5.91 Å². The molecule has 0 spiro atoms. The number of carbonyl (C=O) groups excluding carboxylic acids is 2. The average Bonchev–Trinajstić information content (AvgIpc) is 2.59. The molecule has 0 aliphatic heterocycles. The number of ether oxygens (including phenoxy) is 1. The molecule has 0 aliphatic carbocycles. The second kappa shape index (κ2) is 7.88. The van der Waals surface area contributed by atoms with E-state index >= 15 is 0 Å². The highest BCUT2D eigenvalue weighted by molar-refractivity contribution is 5.96.